The van der Waals surface area contributed by atoms with E-state index in [-0.39, 0.29) is 18.0 Å². The third-order valence-electron chi connectivity index (χ3n) is 3.04. The first-order chi connectivity index (χ1) is 8.43. The summed E-state index contributed by atoms with van der Waals surface area (Å²) in [6, 6.07) is 2.40. The Balaban J connectivity index is 2.47. The molecule has 1 aromatic heterocycles. The highest BCUT2D eigenvalue weighted by atomic mass is 16.1. The van der Waals surface area contributed by atoms with Gasteiger partial charge < -0.3 is 10.6 Å². The van der Waals surface area contributed by atoms with Gasteiger partial charge in [-0.1, -0.05) is 0 Å². The number of aryl methyl sites for hydroxylation is 2. The summed E-state index contributed by atoms with van der Waals surface area (Å²) in [6.45, 7) is 8.67. The van der Waals surface area contributed by atoms with Crippen LogP contribution in [-0.2, 0) is 4.79 Å². The number of rotatable bonds is 6. The highest BCUT2D eigenvalue weighted by molar-refractivity contribution is 5.76. The van der Waals surface area contributed by atoms with Crippen molar-refractivity contribution >= 4 is 5.91 Å². The molecule has 2 unspecified atom stereocenters. The summed E-state index contributed by atoms with van der Waals surface area (Å²) in [7, 11) is 1.88. The second-order valence-electron chi connectivity index (χ2n) is 4.92. The van der Waals surface area contributed by atoms with Crippen molar-refractivity contribution in [2.75, 3.05) is 13.6 Å². The molecule has 2 atom stereocenters. The lowest BCUT2D eigenvalue weighted by Crippen LogP contribution is -2.37. The quantitative estimate of drug-likeness (QED) is 0.799. The van der Waals surface area contributed by atoms with Crippen LogP contribution in [0.5, 0.6) is 0 Å². The minimum Gasteiger partial charge on any atom is -0.354 e. The Morgan fingerprint density at radius 3 is 2.61 bits per heavy atom. The molecule has 0 aromatic carbocycles. The number of carbonyl (C=O) groups is 1. The van der Waals surface area contributed by atoms with E-state index in [2.05, 4.69) is 15.7 Å². The van der Waals surface area contributed by atoms with Crippen LogP contribution in [-0.4, -0.2) is 35.3 Å². The predicted octanol–water partition coefficient (Wildman–Crippen LogP) is 1.18. The van der Waals surface area contributed by atoms with E-state index in [1.807, 2.05) is 45.5 Å². The molecule has 0 aliphatic heterocycles. The Morgan fingerprint density at radius 1 is 1.44 bits per heavy atom. The molecular weight excluding hydrogens is 228 g/mol. The lowest BCUT2D eigenvalue weighted by atomic mass is 10.2. The van der Waals surface area contributed by atoms with Gasteiger partial charge in [0.25, 0.3) is 0 Å². The summed E-state index contributed by atoms with van der Waals surface area (Å²) in [6.07, 6.45) is 0.457. The first-order valence-corrected chi connectivity index (χ1v) is 6.40. The van der Waals surface area contributed by atoms with Crippen LogP contribution >= 0.6 is 0 Å². The van der Waals surface area contributed by atoms with Crippen molar-refractivity contribution in [3.63, 3.8) is 0 Å². The molecule has 5 nitrogen and oxygen atoms in total. The Kier molecular flexibility index (Phi) is 5.34. The number of hydrogen-bond donors (Lipinski definition) is 2. The van der Waals surface area contributed by atoms with Gasteiger partial charge in [-0.15, -0.1) is 0 Å². The van der Waals surface area contributed by atoms with Gasteiger partial charge in [0.05, 0.1) is 11.7 Å². The standard InChI is InChI=1S/C13H24N4O/c1-9-6-11(3)17(16-9)12(4)7-13(18)15-8-10(2)14-5/h6,10,12,14H,7-8H2,1-5H3,(H,15,18). The Bertz CT molecular complexity index is 400. The van der Waals surface area contributed by atoms with Gasteiger partial charge in [0.1, 0.15) is 0 Å². The van der Waals surface area contributed by atoms with Gasteiger partial charge >= 0.3 is 0 Å². The van der Waals surface area contributed by atoms with E-state index in [0.717, 1.165) is 11.4 Å². The summed E-state index contributed by atoms with van der Waals surface area (Å²) in [4.78, 5) is 11.8. The highest BCUT2D eigenvalue weighted by Crippen LogP contribution is 2.13. The maximum absolute atomic E-state index is 11.8. The molecule has 0 aliphatic carbocycles. The number of nitrogens with one attached hydrogen (secondary N) is 2. The topological polar surface area (TPSA) is 58.9 Å². The molecule has 5 heteroatoms. The molecule has 1 heterocycles. The normalized spacial score (nSPS) is 14.3. The number of carbonyl (C=O) groups excluding carboxylic acids is 1. The summed E-state index contributed by atoms with van der Waals surface area (Å²) in [5.74, 6) is 0.0668. The summed E-state index contributed by atoms with van der Waals surface area (Å²) >= 11 is 0. The zero-order valence-corrected chi connectivity index (χ0v) is 11.9. The predicted molar refractivity (Wildman–Crippen MR) is 72.6 cm³/mol. The van der Waals surface area contributed by atoms with E-state index in [1.54, 1.807) is 0 Å². The molecule has 0 bridgehead atoms. The minimum absolute atomic E-state index is 0.0668. The summed E-state index contributed by atoms with van der Waals surface area (Å²) < 4.78 is 1.91. The molecular formula is C13H24N4O. The van der Waals surface area contributed by atoms with Crippen LogP contribution in [0.25, 0.3) is 0 Å². The van der Waals surface area contributed by atoms with Gasteiger partial charge in [0.15, 0.2) is 0 Å². The molecule has 0 spiro atoms. The SMILES string of the molecule is CNC(C)CNC(=O)CC(C)n1nc(C)cc1C. The van der Waals surface area contributed by atoms with Crippen LogP contribution in [0.2, 0.25) is 0 Å². The van der Waals surface area contributed by atoms with Crippen LogP contribution in [0.15, 0.2) is 6.07 Å². The molecule has 1 aromatic rings. The van der Waals surface area contributed by atoms with Crippen LogP contribution < -0.4 is 10.6 Å². The zero-order valence-electron chi connectivity index (χ0n) is 11.9. The second-order valence-corrected chi connectivity index (χ2v) is 4.92. The highest BCUT2D eigenvalue weighted by Gasteiger charge is 2.14. The average molecular weight is 252 g/mol. The third-order valence-corrected chi connectivity index (χ3v) is 3.04. The van der Waals surface area contributed by atoms with Crippen molar-refractivity contribution in [1.29, 1.82) is 0 Å². The van der Waals surface area contributed by atoms with Gasteiger partial charge in [0, 0.05) is 24.7 Å². The number of amides is 1. The molecule has 102 valence electrons. The fourth-order valence-corrected chi connectivity index (χ4v) is 1.89. The monoisotopic (exact) mass is 252 g/mol. The summed E-state index contributed by atoms with van der Waals surface area (Å²) in [5.41, 5.74) is 2.08. The van der Waals surface area contributed by atoms with Gasteiger partial charge in [-0.2, -0.15) is 5.10 Å². The molecule has 1 amide bonds. The van der Waals surface area contributed by atoms with Crippen LogP contribution in [0.1, 0.15) is 37.7 Å². The summed E-state index contributed by atoms with van der Waals surface area (Å²) in [5, 5.41) is 10.4. The molecule has 0 saturated carbocycles. The van der Waals surface area contributed by atoms with Crippen LogP contribution in [0, 0.1) is 13.8 Å². The second kappa shape index (κ2) is 6.54. The molecule has 0 aliphatic rings. The van der Waals surface area contributed by atoms with Gasteiger partial charge in [0.2, 0.25) is 5.91 Å². The average Bonchev–Trinajstić information content (AvgIpc) is 2.65. The largest absolute Gasteiger partial charge is 0.354 e. The fourth-order valence-electron chi connectivity index (χ4n) is 1.89. The van der Waals surface area contributed by atoms with Crippen molar-refractivity contribution in [1.82, 2.24) is 20.4 Å². The fraction of sp³-hybridized carbons (Fsp3) is 0.692. The zero-order chi connectivity index (χ0) is 13.7. The van der Waals surface area contributed by atoms with Crippen LogP contribution in [0.3, 0.4) is 0 Å². The van der Waals surface area contributed by atoms with E-state index in [0.29, 0.717) is 13.0 Å². The van der Waals surface area contributed by atoms with E-state index in [9.17, 15) is 4.79 Å². The van der Waals surface area contributed by atoms with E-state index in [4.69, 9.17) is 0 Å². The maximum atomic E-state index is 11.8. The van der Waals surface area contributed by atoms with Crippen molar-refractivity contribution < 1.29 is 4.79 Å². The van der Waals surface area contributed by atoms with Crippen molar-refractivity contribution in [3.05, 3.63) is 17.5 Å². The lowest BCUT2D eigenvalue weighted by Gasteiger charge is -2.16. The molecule has 0 radical (unpaired) electrons. The van der Waals surface area contributed by atoms with Crippen molar-refractivity contribution in [2.24, 2.45) is 0 Å². The van der Waals surface area contributed by atoms with E-state index in [1.165, 1.54) is 0 Å². The van der Waals surface area contributed by atoms with Gasteiger partial charge in [-0.05, 0) is 40.8 Å². The molecule has 2 N–H and O–H groups in total. The first-order valence-electron chi connectivity index (χ1n) is 6.40. The molecule has 0 fully saturated rings. The Hall–Kier alpha value is -1.36. The smallest absolute Gasteiger partial charge is 0.222 e. The number of hydrogen-bond acceptors (Lipinski definition) is 3. The third kappa shape index (κ3) is 4.14. The lowest BCUT2D eigenvalue weighted by molar-refractivity contribution is -0.121. The number of likely N-dealkylation sites (N-methyl/N-ethyl adjacent to an activating group) is 1. The van der Waals surface area contributed by atoms with E-state index >= 15 is 0 Å². The number of nitrogens with zero attached hydrogens (tertiary/aromatic N) is 2. The van der Waals surface area contributed by atoms with Gasteiger partial charge in [-0.25, -0.2) is 0 Å². The minimum atomic E-state index is 0.0668. The Morgan fingerprint density at radius 2 is 2.11 bits per heavy atom. The van der Waals surface area contributed by atoms with Crippen molar-refractivity contribution in [2.45, 2.75) is 46.2 Å². The maximum Gasteiger partial charge on any atom is 0.222 e. The Labute approximate surface area is 109 Å². The van der Waals surface area contributed by atoms with Crippen molar-refractivity contribution in [3.8, 4) is 0 Å². The molecule has 18 heavy (non-hydrogen) atoms. The molecule has 0 saturated heterocycles. The van der Waals surface area contributed by atoms with E-state index < -0.39 is 0 Å². The first kappa shape index (κ1) is 14.7. The molecule has 1 rings (SSSR count). The van der Waals surface area contributed by atoms with Gasteiger partial charge in [-0.3, -0.25) is 9.48 Å². The van der Waals surface area contributed by atoms with Crippen LogP contribution in [0.4, 0.5) is 0 Å². The number of aromatic nitrogens is 2.